The summed E-state index contributed by atoms with van der Waals surface area (Å²) >= 11 is 8.74. The van der Waals surface area contributed by atoms with Crippen LogP contribution in [0.5, 0.6) is 0 Å². The van der Waals surface area contributed by atoms with E-state index in [0.29, 0.717) is 12.4 Å². The van der Waals surface area contributed by atoms with Gasteiger partial charge < -0.3 is 0 Å². The minimum atomic E-state index is 0.425. The van der Waals surface area contributed by atoms with Gasteiger partial charge in [-0.2, -0.15) is 0 Å². The summed E-state index contributed by atoms with van der Waals surface area (Å²) in [6.45, 7) is 0.648. The lowest BCUT2D eigenvalue weighted by molar-refractivity contribution is -0.754. The van der Waals surface area contributed by atoms with Crippen molar-refractivity contribution in [3.8, 4) is 0 Å². The molecule has 0 amide bonds. The van der Waals surface area contributed by atoms with E-state index in [1.165, 1.54) is 0 Å². The average Bonchev–Trinajstić information content (AvgIpc) is 2.69. The molecule has 78 valence electrons. The monoisotopic (exact) mass is 288 g/mol. The summed E-state index contributed by atoms with van der Waals surface area (Å²) in [5.41, 5.74) is 1.14. The van der Waals surface area contributed by atoms with Crippen LogP contribution in [0.25, 0.3) is 0 Å². The van der Waals surface area contributed by atoms with Gasteiger partial charge in [-0.3, -0.25) is 9.36 Å². The maximum Gasteiger partial charge on any atom is 0.310 e. The van der Waals surface area contributed by atoms with Crippen LogP contribution in [-0.2, 0) is 6.54 Å². The van der Waals surface area contributed by atoms with Gasteiger partial charge in [0.25, 0.3) is 6.20 Å². The van der Waals surface area contributed by atoms with Crippen LogP contribution in [0, 0.1) is 0 Å². The van der Waals surface area contributed by atoms with Gasteiger partial charge in [0, 0.05) is 21.8 Å². The Morgan fingerprint density at radius 1 is 1.40 bits per heavy atom. The van der Waals surface area contributed by atoms with Crippen LogP contribution >= 0.6 is 27.7 Å². The van der Waals surface area contributed by atoms with Crippen molar-refractivity contribution < 1.29 is 9.20 Å². The molecule has 0 aliphatic heterocycles. The third-order valence-corrected chi connectivity index (χ3v) is 2.58. The van der Waals surface area contributed by atoms with Gasteiger partial charge in [0.1, 0.15) is 0 Å². The van der Waals surface area contributed by atoms with Gasteiger partial charge in [-0.05, 0) is 16.8 Å². The summed E-state index contributed by atoms with van der Waals surface area (Å²) in [7, 11) is 0. The second-order valence-electron chi connectivity index (χ2n) is 2.98. The van der Waals surface area contributed by atoms with Crippen LogP contribution in [0.1, 0.15) is 5.56 Å². The number of anilines is 1. The zero-order chi connectivity index (χ0) is 10.7. The van der Waals surface area contributed by atoms with E-state index in [1.807, 2.05) is 24.3 Å². The zero-order valence-electron chi connectivity index (χ0n) is 7.65. The number of nitrogens with zero attached hydrogens (tertiary/aromatic N) is 2. The van der Waals surface area contributed by atoms with Crippen LogP contribution in [0.15, 0.2) is 39.5 Å². The number of hydrogen-bond donors (Lipinski definition) is 1. The Labute approximate surface area is 100 Å². The van der Waals surface area contributed by atoms with Crippen LogP contribution in [0.4, 0.5) is 5.88 Å². The van der Waals surface area contributed by atoms with Crippen LogP contribution in [-0.4, -0.2) is 5.27 Å². The van der Waals surface area contributed by atoms with Gasteiger partial charge in [0.2, 0.25) is 11.8 Å². The summed E-state index contributed by atoms with van der Waals surface area (Å²) in [4.78, 5) is 2.36. The van der Waals surface area contributed by atoms with E-state index >= 15 is 0 Å². The van der Waals surface area contributed by atoms with Crippen LogP contribution in [0.3, 0.4) is 0 Å². The van der Waals surface area contributed by atoms with Gasteiger partial charge in [0.05, 0.1) is 0 Å². The standard InChI is InChI=1S/C9H8BrClN3O/c10-8-3-1-7(2-4-8)5-14-6-9(12-11)15-13-14/h1-4,6,12H,5H2/q+1. The summed E-state index contributed by atoms with van der Waals surface area (Å²) in [6.07, 6.45) is 1.69. The largest absolute Gasteiger partial charge is 0.310 e. The molecule has 1 N–H and O–H groups in total. The summed E-state index contributed by atoms with van der Waals surface area (Å²) < 4.78 is 7.59. The van der Waals surface area contributed by atoms with Gasteiger partial charge in [-0.15, -0.1) is 0 Å². The molecule has 0 saturated carbocycles. The van der Waals surface area contributed by atoms with Crippen LogP contribution < -0.4 is 9.52 Å². The van der Waals surface area contributed by atoms with Crippen molar-refractivity contribution in [2.45, 2.75) is 6.54 Å². The molecule has 0 atom stereocenters. The minimum absolute atomic E-state index is 0.425. The first kappa shape index (κ1) is 10.4. The predicted octanol–water partition coefficient (Wildman–Crippen LogP) is 2.34. The molecule has 6 heteroatoms. The van der Waals surface area contributed by atoms with Crippen molar-refractivity contribution in [2.24, 2.45) is 0 Å². The Morgan fingerprint density at radius 2 is 2.13 bits per heavy atom. The minimum Gasteiger partial charge on any atom is -0.281 e. The number of halogens is 2. The number of aromatic nitrogens is 2. The van der Waals surface area contributed by atoms with Gasteiger partial charge in [-0.25, -0.2) is 0 Å². The third kappa shape index (κ3) is 2.70. The highest BCUT2D eigenvalue weighted by Crippen LogP contribution is 2.10. The second kappa shape index (κ2) is 4.63. The predicted molar refractivity (Wildman–Crippen MR) is 59.4 cm³/mol. The maximum absolute atomic E-state index is 5.36. The van der Waals surface area contributed by atoms with E-state index in [1.54, 1.807) is 10.9 Å². The van der Waals surface area contributed by atoms with Gasteiger partial charge in [0.15, 0.2) is 0 Å². The fraction of sp³-hybridized carbons (Fsp3) is 0.111. The quantitative estimate of drug-likeness (QED) is 0.696. The molecule has 2 rings (SSSR count). The highest BCUT2D eigenvalue weighted by Gasteiger charge is 2.10. The molecular formula is C9H8BrClN3O+. The first-order valence-electron chi connectivity index (χ1n) is 4.25. The lowest BCUT2D eigenvalue weighted by atomic mass is 10.2. The summed E-state index contributed by atoms with van der Waals surface area (Å²) in [5, 5.41) is 3.79. The number of benzene rings is 1. The molecular weight excluding hydrogens is 281 g/mol. The molecule has 2 aromatic rings. The first-order chi connectivity index (χ1) is 7.28. The Morgan fingerprint density at radius 3 is 2.73 bits per heavy atom. The number of rotatable bonds is 3. The SMILES string of the molecule is ClNc1c[n+](Cc2ccc(Br)cc2)no1. The molecule has 0 unspecified atom stereocenters. The van der Waals surface area contributed by atoms with Crippen molar-refractivity contribution in [1.29, 1.82) is 0 Å². The normalized spacial score (nSPS) is 10.3. The Balaban J connectivity index is 2.11. The molecule has 1 heterocycles. The first-order valence-corrected chi connectivity index (χ1v) is 5.42. The molecule has 0 bridgehead atoms. The van der Waals surface area contributed by atoms with Crippen molar-refractivity contribution in [2.75, 3.05) is 4.84 Å². The van der Waals surface area contributed by atoms with E-state index in [-0.39, 0.29) is 0 Å². The maximum atomic E-state index is 5.36. The lowest BCUT2D eigenvalue weighted by Gasteiger charge is -1.92. The topological polar surface area (TPSA) is 41.9 Å². The summed E-state index contributed by atoms with van der Waals surface area (Å²) in [6, 6.07) is 7.99. The number of nitrogens with one attached hydrogen (secondary N) is 1. The molecule has 4 nitrogen and oxygen atoms in total. The van der Waals surface area contributed by atoms with Crippen molar-refractivity contribution >= 4 is 33.6 Å². The molecule has 15 heavy (non-hydrogen) atoms. The van der Waals surface area contributed by atoms with Crippen molar-refractivity contribution in [1.82, 2.24) is 5.27 Å². The molecule has 0 saturated heterocycles. The average molecular weight is 290 g/mol. The number of hydrogen-bond acceptors (Lipinski definition) is 3. The highest BCUT2D eigenvalue weighted by atomic mass is 79.9. The van der Waals surface area contributed by atoms with Crippen LogP contribution in [0.2, 0.25) is 0 Å². The lowest BCUT2D eigenvalue weighted by Crippen LogP contribution is -2.35. The van der Waals surface area contributed by atoms with Gasteiger partial charge in [-0.1, -0.05) is 28.1 Å². The Bertz CT molecular complexity index is 443. The zero-order valence-corrected chi connectivity index (χ0v) is 9.99. The van der Waals surface area contributed by atoms with Gasteiger partial charge >= 0.3 is 5.88 Å². The molecule has 0 fully saturated rings. The fourth-order valence-corrected chi connectivity index (χ4v) is 1.52. The Hall–Kier alpha value is -1.07. The van der Waals surface area contributed by atoms with E-state index in [4.69, 9.17) is 16.3 Å². The van der Waals surface area contributed by atoms with E-state index < -0.39 is 0 Å². The third-order valence-electron chi connectivity index (χ3n) is 1.86. The highest BCUT2D eigenvalue weighted by molar-refractivity contribution is 9.10. The molecule has 1 aromatic carbocycles. The molecule has 0 spiro atoms. The van der Waals surface area contributed by atoms with E-state index in [2.05, 4.69) is 26.0 Å². The smallest absolute Gasteiger partial charge is 0.281 e. The molecule has 0 aliphatic rings. The molecule has 0 aliphatic carbocycles. The molecule has 0 radical (unpaired) electrons. The van der Waals surface area contributed by atoms with Crippen molar-refractivity contribution in [3.63, 3.8) is 0 Å². The second-order valence-corrected chi connectivity index (χ2v) is 4.09. The van der Waals surface area contributed by atoms with E-state index in [0.717, 1.165) is 10.0 Å². The summed E-state index contributed by atoms with van der Waals surface area (Å²) in [5.74, 6) is 0.425. The fourth-order valence-electron chi connectivity index (χ4n) is 1.17. The van der Waals surface area contributed by atoms with Crippen molar-refractivity contribution in [3.05, 3.63) is 40.5 Å². The van der Waals surface area contributed by atoms with E-state index in [9.17, 15) is 0 Å². The Kier molecular flexibility index (Phi) is 3.23. The molecule has 1 aromatic heterocycles.